The Morgan fingerprint density at radius 1 is 1.53 bits per heavy atom. The lowest BCUT2D eigenvalue weighted by molar-refractivity contribution is 0.808. The number of hydrogen-bond acceptors (Lipinski definition) is 6. The predicted molar refractivity (Wildman–Crippen MR) is 60.9 cm³/mol. The van der Waals surface area contributed by atoms with E-state index in [1.807, 2.05) is 19.1 Å². The van der Waals surface area contributed by atoms with Gasteiger partial charge in [0.25, 0.3) is 0 Å². The smallest absolute Gasteiger partial charge is 0.180 e. The highest BCUT2D eigenvalue weighted by Gasteiger charge is 2.05. The summed E-state index contributed by atoms with van der Waals surface area (Å²) in [6.45, 7) is 1.95. The van der Waals surface area contributed by atoms with Crippen molar-refractivity contribution in [2.45, 2.75) is 22.3 Å². The van der Waals surface area contributed by atoms with Gasteiger partial charge in [-0.2, -0.15) is 0 Å². The Kier molecular flexibility index (Phi) is 3.30. The van der Waals surface area contributed by atoms with E-state index in [1.54, 1.807) is 11.7 Å². The van der Waals surface area contributed by atoms with Gasteiger partial charge in [0, 0.05) is 12.2 Å². The van der Waals surface area contributed by atoms with Gasteiger partial charge in [0.2, 0.25) is 0 Å². The van der Waals surface area contributed by atoms with E-state index in [9.17, 15) is 0 Å². The van der Waals surface area contributed by atoms with Crippen molar-refractivity contribution in [3.05, 3.63) is 29.4 Å². The molecule has 4 nitrogen and oxygen atoms in total. The number of nitrogens with zero attached hydrogens (tertiary/aromatic N) is 3. The van der Waals surface area contributed by atoms with Crippen molar-refractivity contribution in [1.29, 1.82) is 0 Å². The molecule has 0 aromatic carbocycles. The maximum absolute atomic E-state index is 5.79. The fourth-order valence-electron chi connectivity index (χ4n) is 1.06. The van der Waals surface area contributed by atoms with Crippen LogP contribution >= 0.6 is 23.1 Å². The summed E-state index contributed by atoms with van der Waals surface area (Å²) in [4.78, 5) is 4.24. The highest BCUT2D eigenvalue weighted by Crippen LogP contribution is 2.27. The maximum atomic E-state index is 5.79. The van der Waals surface area contributed by atoms with Gasteiger partial charge >= 0.3 is 0 Å². The minimum Gasteiger partial charge on any atom is -0.324 e. The highest BCUT2D eigenvalue weighted by atomic mass is 32.2. The van der Waals surface area contributed by atoms with Crippen molar-refractivity contribution < 1.29 is 0 Å². The molecule has 0 amide bonds. The predicted octanol–water partition coefficient (Wildman–Crippen LogP) is 2.10. The SMILES string of the molecule is C[C@H](N)c1ccnc(Sc2nncs2)c1. The van der Waals surface area contributed by atoms with E-state index < -0.39 is 0 Å². The monoisotopic (exact) mass is 238 g/mol. The van der Waals surface area contributed by atoms with Gasteiger partial charge in [-0.15, -0.1) is 10.2 Å². The largest absolute Gasteiger partial charge is 0.324 e. The van der Waals surface area contributed by atoms with Gasteiger partial charge in [-0.05, 0) is 36.4 Å². The van der Waals surface area contributed by atoms with Crippen LogP contribution in [-0.4, -0.2) is 15.2 Å². The Morgan fingerprint density at radius 2 is 2.40 bits per heavy atom. The van der Waals surface area contributed by atoms with E-state index >= 15 is 0 Å². The zero-order chi connectivity index (χ0) is 10.7. The molecule has 2 aromatic rings. The molecule has 0 radical (unpaired) electrons. The second-order valence-corrected chi connectivity index (χ2v) is 5.12. The van der Waals surface area contributed by atoms with E-state index in [1.165, 1.54) is 23.1 Å². The summed E-state index contributed by atoms with van der Waals surface area (Å²) < 4.78 is 0.893. The molecule has 2 rings (SSSR count). The molecule has 0 saturated heterocycles. The summed E-state index contributed by atoms with van der Waals surface area (Å²) in [6.07, 6.45) is 1.77. The second kappa shape index (κ2) is 4.69. The number of hydrogen-bond donors (Lipinski definition) is 1. The van der Waals surface area contributed by atoms with E-state index in [0.717, 1.165) is 14.9 Å². The highest BCUT2D eigenvalue weighted by molar-refractivity contribution is 8.00. The molecule has 1 atom stereocenters. The van der Waals surface area contributed by atoms with Crippen LogP contribution in [0.15, 0.2) is 33.2 Å². The van der Waals surface area contributed by atoms with Crippen LogP contribution in [0.1, 0.15) is 18.5 Å². The molecule has 0 aliphatic heterocycles. The number of nitrogens with two attached hydrogens (primary N) is 1. The van der Waals surface area contributed by atoms with Crippen LogP contribution in [-0.2, 0) is 0 Å². The Morgan fingerprint density at radius 3 is 3.07 bits per heavy atom. The zero-order valence-electron chi connectivity index (χ0n) is 8.12. The van der Waals surface area contributed by atoms with Crippen molar-refractivity contribution in [2.75, 3.05) is 0 Å². The molecule has 2 aromatic heterocycles. The van der Waals surface area contributed by atoms with Crippen molar-refractivity contribution in [3.8, 4) is 0 Å². The second-order valence-electron chi connectivity index (χ2n) is 3.02. The van der Waals surface area contributed by atoms with E-state index in [2.05, 4.69) is 15.2 Å². The van der Waals surface area contributed by atoms with Gasteiger partial charge in [-0.25, -0.2) is 4.98 Å². The van der Waals surface area contributed by atoms with Crippen LogP contribution in [0.4, 0.5) is 0 Å². The summed E-state index contributed by atoms with van der Waals surface area (Å²) >= 11 is 3.01. The average molecular weight is 238 g/mol. The Labute approximate surface area is 95.9 Å². The first-order chi connectivity index (χ1) is 7.25. The fourth-order valence-corrected chi connectivity index (χ4v) is 2.49. The summed E-state index contributed by atoms with van der Waals surface area (Å²) in [6, 6.07) is 3.94. The number of aromatic nitrogens is 3. The quantitative estimate of drug-likeness (QED) is 0.887. The van der Waals surface area contributed by atoms with Gasteiger partial charge in [-0.1, -0.05) is 11.3 Å². The molecular formula is C9H10N4S2. The lowest BCUT2D eigenvalue weighted by atomic mass is 10.1. The third kappa shape index (κ3) is 2.74. The van der Waals surface area contributed by atoms with Crippen molar-refractivity contribution in [1.82, 2.24) is 15.2 Å². The first kappa shape index (κ1) is 10.5. The zero-order valence-corrected chi connectivity index (χ0v) is 9.76. The fraction of sp³-hybridized carbons (Fsp3) is 0.222. The summed E-state index contributed by atoms with van der Waals surface area (Å²) in [7, 11) is 0. The molecule has 0 saturated carbocycles. The molecule has 0 unspecified atom stereocenters. The average Bonchev–Trinajstić information content (AvgIpc) is 2.71. The van der Waals surface area contributed by atoms with Crippen LogP contribution in [0.2, 0.25) is 0 Å². The Bertz CT molecular complexity index is 427. The third-order valence-corrected chi connectivity index (χ3v) is 3.53. The summed E-state index contributed by atoms with van der Waals surface area (Å²) in [5.74, 6) is 0. The molecule has 2 heterocycles. The van der Waals surface area contributed by atoms with Gasteiger partial charge in [0.15, 0.2) is 4.34 Å². The molecule has 0 aliphatic rings. The standard InChI is InChI=1S/C9H10N4S2/c1-6(10)7-2-3-11-8(4-7)15-9-13-12-5-14-9/h2-6H,10H2,1H3/t6-/m0/s1. The summed E-state index contributed by atoms with van der Waals surface area (Å²) in [5, 5.41) is 8.62. The van der Waals surface area contributed by atoms with Gasteiger partial charge in [0.1, 0.15) is 10.5 Å². The lowest BCUT2D eigenvalue weighted by Gasteiger charge is -2.05. The third-order valence-electron chi connectivity index (χ3n) is 1.82. The van der Waals surface area contributed by atoms with Crippen molar-refractivity contribution in [2.24, 2.45) is 5.73 Å². The van der Waals surface area contributed by atoms with Gasteiger partial charge in [-0.3, -0.25) is 0 Å². The van der Waals surface area contributed by atoms with Crippen LogP contribution in [0, 0.1) is 0 Å². The van der Waals surface area contributed by atoms with Crippen LogP contribution < -0.4 is 5.73 Å². The molecule has 78 valence electrons. The van der Waals surface area contributed by atoms with Crippen molar-refractivity contribution >= 4 is 23.1 Å². The molecule has 6 heteroatoms. The van der Waals surface area contributed by atoms with E-state index in [0.29, 0.717) is 0 Å². The molecule has 2 N–H and O–H groups in total. The van der Waals surface area contributed by atoms with Gasteiger partial charge < -0.3 is 5.73 Å². The molecule has 15 heavy (non-hydrogen) atoms. The van der Waals surface area contributed by atoms with E-state index in [4.69, 9.17) is 5.73 Å². The first-order valence-electron chi connectivity index (χ1n) is 4.41. The first-order valence-corrected chi connectivity index (χ1v) is 6.11. The maximum Gasteiger partial charge on any atom is 0.180 e. The minimum absolute atomic E-state index is 0.0294. The molecule has 0 spiro atoms. The van der Waals surface area contributed by atoms with Crippen LogP contribution in [0.25, 0.3) is 0 Å². The topological polar surface area (TPSA) is 64.7 Å². The number of rotatable bonds is 3. The lowest BCUT2D eigenvalue weighted by Crippen LogP contribution is -2.04. The van der Waals surface area contributed by atoms with Crippen LogP contribution in [0.3, 0.4) is 0 Å². The van der Waals surface area contributed by atoms with Gasteiger partial charge in [0.05, 0.1) is 0 Å². The van der Waals surface area contributed by atoms with E-state index in [-0.39, 0.29) is 6.04 Å². The summed E-state index contributed by atoms with van der Waals surface area (Å²) in [5.41, 5.74) is 8.58. The molecular weight excluding hydrogens is 228 g/mol. The molecule has 0 bridgehead atoms. The Balaban J connectivity index is 2.18. The van der Waals surface area contributed by atoms with Crippen LogP contribution in [0.5, 0.6) is 0 Å². The minimum atomic E-state index is 0.0294. The number of pyridine rings is 1. The normalized spacial score (nSPS) is 12.7. The Hall–Kier alpha value is -0.980. The van der Waals surface area contributed by atoms with Crippen molar-refractivity contribution in [3.63, 3.8) is 0 Å². The molecule has 0 fully saturated rings. The molecule has 0 aliphatic carbocycles.